The van der Waals surface area contributed by atoms with Gasteiger partial charge in [-0.05, 0) is 32.4 Å². The van der Waals surface area contributed by atoms with Gasteiger partial charge in [0.1, 0.15) is 9.84 Å². The zero-order chi connectivity index (χ0) is 11.3. The van der Waals surface area contributed by atoms with Crippen LogP contribution in [0.5, 0.6) is 0 Å². The van der Waals surface area contributed by atoms with E-state index in [1.807, 2.05) is 0 Å². The number of hydrogen-bond donors (Lipinski definition) is 1. The van der Waals surface area contributed by atoms with Gasteiger partial charge in [-0.3, -0.25) is 4.90 Å². The van der Waals surface area contributed by atoms with E-state index >= 15 is 0 Å². The quantitative estimate of drug-likeness (QED) is 0.718. The van der Waals surface area contributed by atoms with Crippen LogP contribution >= 0.6 is 0 Å². The lowest BCUT2D eigenvalue weighted by Gasteiger charge is -2.22. The minimum atomic E-state index is -2.82. The predicted molar refractivity (Wildman–Crippen MR) is 60.6 cm³/mol. The second-order valence-electron chi connectivity index (χ2n) is 4.10. The van der Waals surface area contributed by atoms with Crippen LogP contribution in [0.25, 0.3) is 0 Å². The number of rotatable bonds is 6. The van der Waals surface area contributed by atoms with Crippen molar-refractivity contribution in [2.45, 2.75) is 32.2 Å². The maximum Gasteiger partial charge on any atom is 0.150 e. The van der Waals surface area contributed by atoms with Crippen LogP contribution in [0, 0.1) is 0 Å². The van der Waals surface area contributed by atoms with Crippen LogP contribution in [0.1, 0.15) is 26.2 Å². The van der Waals surface area contributed by atoms with Crippen molar-refractivity contribution in [3.63, 3.8) is 0 Å². The summed E-state index contributed by atoms with van der Waals surface area (Å²) in [5.41, 5.74) is 0. The van der Waals surface area contributed by atoms with Crippen molar-refractivity contribution in [1.29, 1.82) is 0 Å². The monoisotopic (exact) mass is 235 g/mol. The molecule has 5 heteroatoms. The van der Waals surface area contributed by atoms with Crippen LogP contribution in [-0.2, 0) is 9.84 Å². The zero-order valence-electron chi connectivity index (χ0n) is 9.35. The van der Waals surface area contributed by atoms with Gasteiger partial charge in [0, 0.05) is 11.8 Å². The maximum atomic E-state index is 11.3. The third-order valence-electron chi connectivity index (χ3n) is 3.05. The molecule has 0 aromatic carbocycles. The molecule has 0 amide bonds. The minimum Gasteiger partial charge on any atom is -0.395 e. The fourth-order valence-electron chi connectivity index (χ4n) is 2.03. The Morgan fingerprint density at radius 2 is 2.20 bits per heavy atom. The predicted octanol–water partition coefficient (Wildman–Crippen LogP) is 0.268. The molecule has 1 aliphatic heterocycles. The first kappa shape index (κ1) is 12.9. The summed E-state index contributed by atoms with van der Waals surface area (Å²) in [4.78, 5) is 2.20. The lowest BCUT2D eigenvalue weighted by atomic mass is 10.2. The summed E-state index contributed by atoms with van der Waals surface area (Å²) < 4.78 is 22.5. The van der Waals surface area contributed by atoms with Crippen LogP contribution in [0.2, 0.25) is 0 Å². The maximum absolute atomic E-state index is 11.3. The molecule has 1 saturated heterocycles. The van der Waals surface area contributed by atoms with Gasteiger partial charge in [-0.25, -0.2) is 8.42 Å². The Labute approximate surface area is 92.2 Å². The van der Waals surface area contributed by atoms with E-state index < -0.39 is 9.84 Å². The van der Waals surface area contributed by atoms with Gasteiger partial charge < -0.3 is 5.11 Å². The molecule has 1 atom stereocenters. The summed E-state index contributed by atoms with van der Waals surface area (Å²) in [5, 5.41) is 9.08. The summed E-state index contributed by atoms with van der Waals surface area (Å²) in [5.74, 6) is 0.509. The molecule has 0 bridgehead atoms. The molecule has 1 rings (SSSR count). The van der Waals surface area contributed by atoms with E-state index in [0.717, 1.165) is 25.9 Å². The third kappa shape index (κ3) is 4.09. The number of aliphatic hydroxyl groups excluding tert-OH is 1. The molecule has 1 heterocycles. The number of likely N-dealkylation sites (tertiary alicyclic amines) is 1. The first-order valence-electron chi connectivity index (χ1n) is 5.64. The molecule has 0 radical (unpaired) electrons. The van der Waals surface area contributed by atoms with Crippen LogP contribution in [0.15, 0.2) is 0 Å². The van der Waals surface area contributed by atoms with E-state index in [1.165, 1.54) is 0 Å². The average Bonchev–Trinajstić information content (AvgIpc) is 2.65. The van der Waals surface area contributed by atoms with Crippen LogP contribution in [0.3, 0.4) is 0 Å². The number of nitrogens with zero attached hydrogens (tertiary/aromatic N) is 1. The normalized spacial score (nSPS) is 23.5. The Kier molecular flexibility index (Phi) is 5.02. The SMILES string of the molecule is CCS(=O)(=O)CCCN1CCCC1CO. The molecular formula is C10H21NO3S. The molecule has 0 aromatic rings. The Morgan fingerprint density at radius 1 is 1.47 bits per heavy atom. The second-order valence-corrected chi connectivity index (χ2v) is 6.58. The van der Waals surface area contributed by atoms with Gasteiger partial charge in [-0.15, -0.1) is 0 Å². The van der Waals surface area contributed by atoms with Gasteiger partial charge in [0.25, 0.3) is 0 Å². The summed E-state index contributed by atoms with van der Waals surface area (Å²) in [6.07, 6.45) is 2.84. The summed E-state index contributed by atoms with van der Waals surface area (Å²) in [7, 11) is -2.82. The summed E-state index contributed by atoms with van der Waals surface area (Å²) >= 11 is 0. The molecule has 0 aromatic heterocycles. The van der Waals surface area contributed by atoms with E-state index in [-0.39, 0.29) is 24.2 Å². The van der Waals surface area contributed by atoms with Crippen molar-refractivity contribution in [3.05, 3.63) is 0 Å². The number of sulfone groups is 1. The molecule has 1 aliphatic rings. The number of hydrogen-bond acceptors (Lipinski definition) is 4. The smallest absolute Gasteiger partial charge is 0.150 e. The van der Waals surface area contributed by atoms with Crippen molar-refractivity contribution in [2.24, 2.45) is 0 Å². The van der Waals surface area contributed by atoms with Crippen LogP contribution in [0.4, 0.5) is 0 Å². The summed E-state index contributed by atoms with van der Waals surface area (Å²) in [6, 6.07) is 0.259. The second kappa shape index (κ2) is 5.82. The van der Waals surface area contributed by atoms with Crippen molar-refractivity contribution in [3.8, 4) is 0 Å². The highest BCUT2D eigenvalue weighted by atomic mass is 32.2. The van der Waals surface area contributed by atoms with Crippen molar-refractivity contribution < 1.29 is 13.5 Å². The van der Waals surface area contributed by atoms with Crippen LogP contribution < -0.4 is 0 Å². The topological polar surface area (TPSA) is 57.6 Å². The molecule has 0 aliphatic carbocycles. The number of aliphatic hydroxyl groups is 1. The van der Waals surface area contributed by atoms with Crippen LogP contribution in [-0.4, -0.2) is 55.7 Å². The Morgan fingerprint density at radius 3 is 2.80 bits per heavy atom. The van der Waals surface area contributed by atoms with Gasteiger partial charge in [-0.1, -0.05) is 6.92 Å². The van der Waals surface area contributed by atoms with Gasteiger partial charge in [0.2, 0.25) is 0 Å². The van der Waals surface area contributed by atoms with Gasteiger partial charge in [0.15, 0.2) is 0 Å². The first-order chi connectivity index (χ1) is 7.09. The van der Waals surface area contributed by atoms with Crippen molar-refractivity contribution >= 4 is 9.84 Å². The highest BCUT2D eigenvalue weighted by molar-refractivity contribution is 7.91. The molecule has 0 saturated carbocycles. The fourth-order valence-corrected chi connectivity index (χ4v) is 2.89. The zero-order valence-corrected chi connectivity index (χ0v) is 10.2. The van der Waals surface area contributed by atoms with E-state index in [0.29, 0.717) is 6.42 Å². The first-order valence-corrected chi connectivity index (χ1v) is 7.46. The van der Waals surface area contributed by atoms with Crippen molar-refractivity contribution in [1.82, 2.24) is 4.90 Å². The third-order valence-corrected chi connectivity index (χ3v) is 4.84. The summed E-state index contributed by atoms with van der Waals surface area (Å²) in [6.45, 7) is 3.67. The van der Waals surface area contributed by atoms with E-state index in [2.05, 4.69) is 4.90 Å². The molecule has 4 nitrogen and oxygen atoms in total. The van der Waals surface area contributed by atoms with Crippen molar-refractivity contribution in [2.75, 3.05) is 31.2 Å². The highest BCUT2D eigenvalue weighted by Gasteiger charge is 2.23. The lowest BCUT2D eigenvalue weighted by Crippen LogP contribution is -2.33. The molecule has 90 valence electrons. The van der Waals surface area contributed by atoms with E-state index in [1.54, 1.807) is 6.92 Å². The lowest BCUT2D eigenvalue weighted by molar-refractivity contribution is 0.159. The van der Waals surface area contributed by atoms with Gasteiger partial charge in [0.05, 0.1) is 12.4 Å². The largest absolute Gasteiger partial charge is 0.395 e. The Bertz CT molecular complexity index is 276. The molecule has 1 unspecified atom stereocenters. The standard InChI is InChI=1S/C10H21NO3S/c1-2-15(13,14)8-4-7-11-6-3-5-10(11)9-12/h10,12H,2-9H2,1H3. The average molecular weight is 235 g/mol. The Hall–Kier alpha value is -0.130. The van der Waals surface area contributed by atoms with E-state index in [9.17, 15) is 8.42 Å². The van der Waals surface area contributed by atoms with Gasteiger partial charge >= 0.3 is 0 Å². The van der Waals surface area contributed by atoms with Gasteiger partial charge in [-0.2, -0.15) is 0 Å². The molecule has 1 fully saturated rings. The highest BCUT2D eigenvalue weighted by Crippen LogP contribution is 2.16. The molecular weight excluding hydrogens is 214 g/mol. The fraction of sp³-hybridized carbons (Fsp3) is 1.00. The molecule has 0 spiro atoms. The molecule has 15 heavy (non-hydrogen) atoms. The Balaban J connectivity index is 2.25. The molecule has 1 N–H and O–H groups in total. The minimum absolute atomic E-state index is 0.195. The van der Waals surface area contributed by atoms with E-state index in [4.69, 9.17) is 5.11 Å².